The quantitative estimate of drug-likeness (QED) is 0.194. The van der Waals surface area contributed by atoms with Crippen LogP contribution in [0.2, 0.25) is 0 Å². The number of aromatic hydroxyl groups is 3. The fourth-order valence-electron chi connectivity index (χ4n) is 4.83. The van der Waals surface area contributed by atoms with Gasteiger partial charge < -0.3 is 59.8 Å². The van der Waals surface area contributed by atoms with Crippen molar-refractivity contribution in [2.75, 3.05) is 13.2 Å². The molecule has 3 heterocycles. The van der Waals surface area contributed by atoms with Crippen LogP contribution < -0.4 is 5.43 Å². The second kappa shape index (κ2) is 9.80. The van der Waals surface area contributed by atoms with Gasteiger partial charge in [0.1, 0.15) is 77.2 Å². The first-order valence-corrected chi connectivity index (χ1v) is 11.7. The van der Waals surface area contributed by atoms with Crippen molar-refractivity contribution in [3.63, 3.8) is 0 Å². The third-order valence-corrected chi connectivity index (χ3v) is 6.92. The summed E-state index contributed by atoms with van der Waals surface area (Å²) in [4.78, 5) is 13.3. The van der Waals surface area contributed by atoms with Crippen molar-refractivity contribution in [1.82, 2.24) is 0 Å². The van der Waals surface area contributed by atoms with E-state index >= 15 is 0 Å². The molecule has 0 radical (unpaired) electrons. The molecule has 204 valence electrons. The van der Waals surface area contributed by atoms with Crippen molar-refractivity contribution in [2.24, 2.45) is 0 Å². The Labute approximate surface area is 213 Å². The first-order chi connectivity index (χ1) is 18.0. The summed E-state index contributed by atoms with van der Waals surface area (Å²) in [5.41, 5.74) is -1.86. The highest BCUT2D eigenvalue weighted by molar-refractivity contribution is 5.91. The summed E-state index contributed by atoms with van der Waals surface area (Å²) in [6, 6.07) is 6.60. The third kappa shape index (κ3) is 4.19. The summed E-state index contributed by atoms with van der Waals surface area (Å²) in [6.45, 7) is -0.966. The number of ether oxygens (including phenoxy) is 2. The average Bonchev–Trinajstić information content (AvgIpc) is 2.88. The number of benzene rings is 2. The van der Waals surface area contributed by atoms with Gasteiger partial charge in [0.25, 0.3) is 0 Å². The van der Waals surface area contributed by atoms with E-state index < -0.39 is 101 Å². The van der Waals surface area contributed by atoms with Crippen LogP contribution in [0, 0.1) is 0 Å². The van der Waals surface area contributed by atoms with Crippen LogP contribution in [-0.4, -0.2) is 95.8 Å². The molecule has 0 saturated carbocycles. The molecule has 8 atom stereocenters. The largest absolute Gasteiger partial charge is 0.508 e. The van der Waals surface area contributed by atoms with Crippen LogP contribution in [-0.2, 0) is 9.47 Å². The van der Waals surface area contributed by atoms with Gasteiger partial charge in [-0.05, 0) is 24.3 Å². The van der Waals surface area contributed by atoms with Gasteiger partial charge in [-0.3, -0.25) is 4.79 Å². The maximum Gasteiger partial charge on any atom is 0.197 e. The Morgan fingerprint density at radius 2 is 1.21 bits per heavy atom. The molecule has 0 aliphatic carbocycles. The Hall–Kier alpha value is -3.27. The molecular formula is C25H26O13. The molecule has 13 heteroatoms. The molecule has 0 bridgehead atoms. The SMILES string of the molecule is O=c1cc(-c2ccc(O)cc2)oc2c([C@@H]3OC[C@@H](O)[C@@H](O)[C@@H]3O)c(O)c([C@@H]3OC[C@@H](O)[C@@H](O)[C@H]3O)c(O)c12. The normalized spacial score (nSPS) is 31.9. The van der Waals surface area contributed by atoms with E-state index in [1.54, 1.807) is 0 Å². The highest BCUT2D eigenvalue weighted by Crippen LogP contribution is 2.50. The molecule has 2 aliphatic heterocycles. The summed E-state index contributed by atoms with van der Waals surface area (Å²) in [6.07, 6.45) is -13.3. The highest BCUT2D eigenvalue weighted by atomic mass is 16.5. The molecule has 0 amide bonds. The second-order valence-electron chi connectivity index (χ2n) is 9.36. The van der Waals surface area contributed by atoms with Gasteiger partial charge in [-0.2, -0.15) is 0 Å². The van der Waals surface area contributed by atoms with Gasteiger partial charge in [-0.25, -0.2) is 0 Å². The number of phenolic OH excluding ortho intramolecular Hbond substituents is 3. The van der Waals surface area contributed by atoms with Crippen LogP contribution in [0.1, 0.15) is 23.3 Å². The Balaban J connectivity index is 1.80. The van der Waals surface area contributed by atoms with E-state index in [0.717, 1.165) is 6.07 Å². The number of fused-ring (bicyclic) bond motifs is 1. The lowest BCUT2D eigenvalue weighted by Gasteiger charge is -2.38. The van der Waals surface area contributed by atoms with E-state index in [-0.39, 0.29) is 11.5 Å². The van der Waals surface area contributed by atoms with Crippen LogP contribution in [0.4, 0.5) is 0 Å². The standard InChI is InChI=1S/C25H26O13/c26-9-3-1-8(2-4-9)13-5-10(27)14-19(32)15(24-21(34)17(30)11(28)6-36-24)20(33)16(23(14)38-13)25-22(35)18(31)12(29)7-37-25/h1-5,11-12,17-18,21-22,24-26,28-35H,6-7H2/t11-,12-,17-,18-,21-,22+,24+,25+/m1/s1. The van der Waals surface area contributed by atoms with Crippen LogP contribution >= 0.6 is 0 Å². The predicted molar refractivity (Wildman–Crippen MR) is 126 cm³/mol. The van der Waals surface area contributed by atoms with Gasteiger partial charge >= 0.3 is 0 Å². The van der Waals surface area contributed by atoms with E-state index in [1.807, 2.05) is 0 Å². The Kier molecular flexibility index (Phi) is 6.79. The van der Waals surface area contributed by atoms with Crippen molar-refractivity contribution >= 4 is 11.0 Å². The minimum Gasteiger partial charge on any atom is -0.508 e. The zero-order valence-corrected chi connectivity index (χ0v) is 19.6. The molecule has 38 heavy (non-hydrogen) atoms. The lowest BCUT2D eigenvalue weighted by Crippen LogP contribution is -2.49. The summed E-state index contributed by atoms with van der Waals surface area (Å²) < 4.78 is 16.8. The zero-order valence-electron chi connectivity index (χ0n) is 19.6. The summed E-state index contributed by atoms with van der Waals surface area (Å²) in [5.74, 6) is -1.80. The van der Waals surface area contributed by atoms with Crippen molar-refractivity contribution in [3.05, 3.63) is 51.7 Å². The zero-order chi connectivity index (χ0) is 27.5. The van der Waals surface area contributed by atoms with E-state index in [0.29, 0.717) is 5.56 Å². The summed E-state index contributed by atoms with van der Waals surface area (Å²) in [7, 11) is 0. The van der Waals surface area contributed by atoms with Gasteiger partial charge in [-0.15, -0.1) is 0 Å². The van der Waals surface area contributed by atoms with E-state index in [9.17, 15) is 50.8 Å². The molecule has 5 rings (SSSR count). The lowest BCUT2D eigenvalue weighted by molar-refractivity contribution is -0.191. The minimum atomic E-state index is -1.85. The number of hydrogen-bond acceptors (Lipinski definition) is 13. The van der Waals surface area contributed by atoms with E-state index in [1.165, 1.54) is 24.3 Å². The number of aliphatic hydroxyl groups is 6. The molecule has 13 nitrogen and oxygen atoms in total. The van der Waals surface area contributed by atoms with E-state index in [2.05, 4.69) is 0 Å². The summed E-state index contributed by atoms with van der Waals surface area (Å²) >= 11 is 0. The molecule has 2 fully saturated rings. The molecule has 2 aliphatic rings. The van der Waals surface area contributed by atoms with Gasteiger partial charge in [0, 0.05) is 11.6 Å². The number of rotatable bonds is 3. The molecule has 2 aromatic carbocycles. The smallest absolute Gasteiger partial charge is 0.197 e. The third-order valence-electron chi connectivity index (χ3n) is 6.92. The fraction of sp³-hybridized carbons (Fsp3) is 0.400. The van der Waals surface area contributed by atoms with Crippen LogP contribution in [0.15, 0.2) is 39.5 Å². The molecular weight excluding hydrogens is 508 g/mol. The summed E-state index contributed by atoms with van der Waals surface area (Å²) in [5, 5.41) is 93.1. The molecule has 1 aromatic heterocycles. The maximum absolute atomic E-state index is 13.3. The molecule has 0 spiro atoms. The number of hydrogen-bond donors (Lipinski definition) is 9. The number of phenols is 3. The van der Waals surface area contributed by atoms with Crippen LogP contribution in [0.3, 0.4) is 0 Å². The topological polar surface area (TPSA) is 231 Å². The van der Waals surface area contributed by atoms with Gasteiger partial charge in [0.2, 0.25) is 0 Å². The second-order valence-corrected chi connectivity index (χ2v) is 9.36. The highest BCUT2D eigenvalue weighted by Gasteiger charge is 2.46. The van der Waals surface area contributed by atoms with Gasteiger partial charge in [-0.1, -0.05) is 0 Å². The van der Waals surface area contributed by atoms with Crippen molar-refractivity contribution in [2.45, 2.75) is 48.8 Å². The molecule has 3 aromatic rings. The van der Waals surface area contributed by atoms with E-state index in [4.69, 9.17) is 13.9 Å². The molecule has 9 N–H and O–H groups in total. The van der Waals surface area contributed by atoms with Crippen molar-refractivity contribution < 1.29 is 59.8 Å². The first kappa shape index (κ1) is 26.3. The van der Waals surface area contributed by atoms with Crippen molar-refractivity contribution in [1.29, 1.82) is 0 Å². The Morgan fingerprint density at radius 3 is 1.76 bits per heavy atom. The molecule has 2 saturated heterocycles. The van der Waals surface area contributed by atoms with Gasteiger partial charge in [0.15, 0.2) is 11.0 Å². The average molecular weight is 534 g/mol. The Morgan fingerprint density at radius 1 is 0.684 bits per heavy atom. The Bertz CT molecular complexity index is 1400. The maximum atomic E-state index is 13.3. The van der Waals surface area contributed by atoms with Gasteiger partial charge in [0.05, 0.1) is 24.3 Å². The number of aliphatic hydroxyl groups excluding tert-OH is 6. The monoisotopic (exact) mass is 534 g/mol. The fourth-order valence-corrected chi connectivity index (χ4v) is 4.83. The van der Waals surface area contributed by atoms with Crippen molar-refractivity contribution in [3.8, 4) is 28.6 Å². The first-order valence-electron chi connectivity index (χ1n) is 11.7. The minimum absolute atomic E-state index is 0.0475. The lowest BCUT2D eigenvalue weighted by atomic mass is 9.87. The van der Waals surface area contributed by atoms with Crippen LogP contribution in [0.5, 0.6) is 17.2 Å². The predicted octanol–water partition coefficient (Wildman–Crippen LogP) is -1.12. The molecule has 0 unspecified atom stereocenters. The van der Waals surface area contributed by atoms with Crippen LogP contribution in [0.25, 0.3) is 22.3 Å².